The Kier molecular flexibility index (Phi) is 2.45. The first-order valence-corrected chi connectivity index (χ1v) is 5.64. The van der Waals surface area contributed by atoms with E-state index < -0.39 is 0 Å². The van der Waals surface area contributed by atoms with Crippen LogP contribution in [0.1, 0.15) is 19.3 Å². The van der Waals surface area contributed by atoms with Crippen molar-refractivity contribution in [1.82, 2.24) is 4.90 Å². The molecule has 0 spiro atoms. The second-order valence-electron chi connectivity index (χ2n) is 3.46. The van der Waals surface area contributed by atoms with Crippen molar-refractivity contribution in [1.29, 1.82) is 0 Å². The van der Waals surface area contributed by atoms with Gasteiger partial charge in [0.2, 0.25) is 0 Å². The molecule has 0 N–H and O–H groups in total. The lowest BCUT2D eigenvalue weighted by Gasteiger charge is -2.29. The molecule has 66 valence electrons. The quantitative estimate of drug-likeness (QED) is 0.565. The van der Waals surface area contributed by atoms with E-state index in [1.165, 1.54) is 31.6 Å². The number of thioether (sulfide) groups is 1. The predicted molar refractivity (Wildman–Crippen MR) is 55.1 cm³/mol. The fraction of sp³-hybridized carbons (Fsp3) is 0.600. The van der Waals surface area contributed by atoms with E-state index in [4.69, 9.17) is 0 Å². The summed E-state index contributed by atoms with van der Waals surface area (Å²) in [6, 6.07) is 0. The zero-order valence-corrected chi connectivity index (χ0v) is 8.36. The SMILES string of the molecule is CN1CCCCC1=C1C=CSC1. The Labute approximate surface area is 78.5 Å². The standard InChI is InChI=1S/C10H15NS/c1-11-6-3-2-4-10(11)9-5-7-12-8-9/h5,7H,2-4,6,8H2,1H3. The molecule has 1 nitrogen and oxygen atoms in total. The van der Waals surface area contributed by atoms with Crippen LogP contribution in [-0.2, 0) is 0 Å². The van der Waals surface area contributed by atoms with Crippen LogP contribution < -0.4 is 0 Å². The van der Waals surface area contributed by atoms with Gasteiger partial charge in [0.05, 0.1) is 0 Å². The molecule has 2 aliphatic rings. The summed E-state index contributed by atoms with van der Waals surface area (Å²) in [4.78, 5) is 2.43. The first kappa shape index (κ1) is 8.24. The Balaban J connectivity index is 2.18. The minimum absolute atomic E-state index is 1.19. The van der Waals surface area contributed by atoms with Crippen LogP contribution in [0.25, 0.3) is 0 Å². The summed E-state index contributed by atoms with van der Waals surface area (Å²) >= 11 is 1.91. The maximum atomic E-state index is 2.43. The summed E-state index contributed by atoms with van der Waals surface area (Å²) < 4.78 is 0. The largest absolute Gasteiger partial charge is 0.378 e. The second kappa shape index (κ2) is 3.56. The van der Waals surface area contributed by atoms with Crippen molar-refractivity contribution < 1.29 is 0 Å². The van der Waals surface area contributed by atoms with Gasteiger partial charge in [0.1, 0.15) is 0 Å². The molecule has 0 amide bonds. The summed E-state index contributed by atoms with van der Waals surface area (Å²) in [5, 5.41) is 2.21. The van der Waals surface area contributed by atoms with E-state index in [9.17, 15) is 0 Å². The van der Waals surface area contributed by atoms with Crippen molar-refractivity contribution in [2.45, 2.75) is 19.3 Å². The number of likely N-dealkylation sites (tertiary alicyclic amines) is 1. The first-order valence-electron chi connectivity index (χ1n) is 4.59. The number of rotatable bonds is 0. The Bertz CT molecular complexity index is 230. The van der Waals surface area contributed by atoms with Crippen molar-refractivity contribution >= 4 is 11.8 Å². The molecule has 0 radical (unpaired) electrons. The molecule has 2 heteroatoms. The molecule has 0 atom stereocenters. The zero-order chi connectivity index (χ0) is 8.39. The number of piperidine rings is 1. The van der Waals surface area contributed by atoms with Crippen molar-refractivity contribution in [3.63, 3.8) is 0 Å². The van der Waals surface area contributed by atoms with Crippen molar-refractivity contribution in [3.8, 4) is 0 Å². The van der Waals surface area contributed by atoms with Gasteiger partial charge in [-0.3, -0.25) is 0 Å². The Morgan fingerprint density at radius 1 is 1.42 bits per heavy atom. The molecule has 0 saturated carbocycles. The minimum atomic E-state index is 1.19. The van der Waals surface area contributed by atoms with Crippen molar-refractivity contribution in [2.75, 3.05) is 19.3 Å². The monoisotopic (exact) mass is 181 g/mol. The van der Waals surface area contributed by atoms with Crippen LogP contribution in [0.15, 0.2) is 22.8 Å². The lowest BCUT2D eigenvalue weighted by atomic mass is 10.0. The van der Waals surface area contributed by atoms with Gasteiger partial charge in [-0.2, -0.15) is 0 Å². The Morgan fingerprint density at radius 3 is 3.00 bits per heavy atom. The van der Waals surface area contributed by atoms with Gasteiger partial charge in [-0.1, -0.05) is 6.08 Å². The Hall–Kier alpha value is -0.370. The second-order valence-corrected chi connectivity index (χ2v) is 4.36. The molecule has 0 unspecified atom stereocenters. The van der Waals surface area contributed by atoms with Crippen LogP contribution in [0, 0.1) is 0 Å². The molecule has 2 rings (SSSR count). The maximum Gasteiger partial charge on any atom is 0.0243 e. The third-order valence-corrected chi connectivity index (χ3v) is 3.40. The Morgan fingerprint density at radius 2 is 2.33 bits per heavy atom. The molecular weight excluding hydrogens is 166 g/mol. The molecule has 12 heavy (non-hydrogen) atoms. The fourth-order valence-electron chi connectivity index (χ4n) is 1.87. The van der Waals surface area contributed by atoms with Gasteiger partial charge >= 0.3 is 0 Å². The van der Waals surface area contributed by atoms with Gasteiger partial charge in [-0.05, 0) is 30.2 Å². The number of nitrogens with zero attached hydrogens (tertiary/aromatic N) is 1. The summed E-state index contributed by atoms with van der Waals surface area (Å²) in [5.74, 6) is 1.19. The van der Waals surface area contributed by atoms with Gasteiger partial charge in [0.15, 0.2) is 0 Å². The lowest BCUT2D eigenvalue weighted by Crippen LogP contribution is -2.24. The average Bonchev–Trinajstić information content (AvgIpc) is 2.57. The van der Waals surface area contributed by atoms with E-state index in [1.807, 2.05) is 11.8 Å². The van der Waals surface area contributed by atoms with E-state index >= 15 is 0 Å². The van der Waals surface area contributed by atoms with Gasteiger partial charge in [-0.25, -0.2) is 0 Å². The zero-order valence-electron chi connectivity index (χ0n) is 7.55. The molecule has 2 heterocycles. The summed E-state index contributed by atoms with van der Waals surface area (Å²) in [7, 11) is 2.22. The number of hydrogen-bond acceptors (Lipinski definition) is 2. The topological polar surface area (TPSA) is 3.24 Å². The van der Waals surface area contributed by atoms with Crippen molar-refractivity contribution in [3.05, 3.63) is 22.8 Å². The van der Waals surface area contributed by atoms with Crippen LogP contribution in [0.2, 0.25) is 0 Å². The van der Waals surface area contributed by atoms with Gasteiger partial charge < -0.3 is 4.90 Å². The first-order chi connectivity index (χ1) is 5.88. The van der Waals surface area contributed by atoms with Gasteiger partial charge in [0, 0.05) is 25.0 Å². The smallest absolute Gasteiger partial charge is 0.0243 e. The molecule has 2 aliphatic heterocycles. The highest BCUT2D eigenvalue weighted by Crippen LogP contribution is 2.28. The average molecular weight is 181 g/mol. The van der Waals surface area contributed by atoms with E-state index in [1.54, 1.807) is 11.3 Å². The van der Waals surface area contributed by atoms with Gasteiger partial charge in [-0.15, -0.1) is 11.8 Å². The molecule has 1 saturated heterocycles. The molecule has 0 aromatic heterocycles. The van der Waals surface area contributed by atoms with Crippen LogP contribution in [0.4, 0.5) is 0 Å². The lowest BCUT2D eigenvalue weighted by molar-refractivity contribution is 0.342. The third-order valence-electron chi connectivity index (χ3n) is 2.59. The van der Waals surface area contributed by atoms with E-state index in [0.717, 1.165) is 0 Å². The van der Waals surface area contributed by atoms with Crippen LogP contribution in [0.5, 0.6) is 0 Å². The third kappa shape index (κ3) is 1.53. The molecule has 0 aromatic rings. The number of hydrogen-bond donors (Lipinski definition) is 0. The highest BCUT2D eigenvalue weighted by Gasteiger charge is 2.15. The maximum absolute atomic E-state index is 2.43. The summed E-state index contributed by atoms with van der Waals surface area (Å²) in [5.41, 5.74) is 3.14. The van der Waals surface area contributed by atoms with Crippen molar-refractivity contribution in [2.24, 2.45) is 0 Å². The molecule has 0 bridgehead atoms. The van der Waals surface area contributed by atoms with E-state index in [2.05, 4.69) is 23.4 Å². The van der Waals surface area contributed by atoms with E-state index in [-0.39, 0.29) is 0 Å². The summed E-state index contributed by atoms with van der Waals surface area (Å²) in [6.45, 7) is 1.25. The molecular formula is C10H15NS. The number of allylic oxidation sites excluding steroid dienone is 2. The molecule has 0 aliphatic carbocycles. The normalized spacial score (nSPS) is 29.9. The van der Waals surface area contributed by atoms with E-state index in [0.29, 0.717) is 0 Å². The summed E-state index contributed by atoms with van der Waals surface area (Å²) in [6.07, 6.45) is 6.31. The highest BCUT2D eigenvalue weighted by molar-refractivity contribution is 8.02. The minimum Gasteiger partial charge on any atom is -0.378 e. The molecule has 1 fully saturated rings. The predicted octanol–water partition coefficient (Wildman–Crippen LogP) is 2.62. The molecule has 0 aromatic carbocycles. The fourth-order valence-corrected chi connectivity index (χ4v) is 2.67. The highest BCUT2D eigenvalue weighted by atomic mass is 32.2. The van der Waals surface area contributed by atoms with Crippen LogP contribution in [-0.4, -0.2) is 24.2 Å². The van der Waals surface area contributed by atoms with Crippen LogP contribution >= 0.6 is 11.8 Å². The van der Waals surface area contributed by atoms with Gasteiger partial charge in [0.25, 0.3) is 0 Å². The van der Waals surface area contributed by atoms with Crippen LogP contribution in [0.3, 0.4) is 0 Å².